The summed E-state index contributed by atoms with van der Waals surface area (Å²) in [5, 5.41) is 23.6. The van der Waals surface area contributed by atoms with E-state index in [0.717, 1.165) is 59.2 Å². The number of tetrazole rings is 1. The highest BCUT2D eigenvalue weighted by Crippen LogP contribution is 2.48. The van der Waals surface area contributed by atoms with Gasteiger partial charge in [-0.3, -0.25) is 9.89 Å². The molecule has 1 aromatic carbocycles. The summed E-state index contributed by atoms with van der Waals surface area (Å²) in [6.45, 7) is 3.94. The fraction of sp³-hybridized carbons (Fsp3) is 0.421. The van der Waals surface area contributed by atoms with Crippen LogP contribution < -0.4 is 10.2 Å². The molecule has 0 radical (unpaired) electrons. The van der Waals surface area contributed by atoms with Crippen LogP contribution in [0.15, 0.2) is 29.5 Å². The molecule has 1 saturated carbocycles. The number of anilines is 2. The minimum absolute atomic E-state index is 0.104. The molecule has 2 aromatic heterocycles. The maximum absolute atomic E-state index is 13.5. The molecule has 1 spiro atoms. The van der Waals surface area contributed by atoms with Gasteiger partial charge in [0.05, 0.1) is 11.1 Å². The number of hydrogen-bond donors (Lipinski definition) is 2. The van der Waals surface area contributed by atoms with E-state index in [9.17, 15) is 4.79 Å². The first-order valence-corrected chi connectivity index (χ1v) is 9.51. The van der Waals surface area contributed by atoms with Crippen molar-refractivity contribution < 1.29 is 4.79 Å². The van der Waals surface area contributed by atoms with Gasteiger partial charge >= 0.3 is 0 Å². The molecule has 3 heterocycles. The van der Waals surface area contributed by atoms with E-state index in [-0.39, 0.29) is 5.91 Å². The Morgan fingerprint density at radius 2 is 2.04 bits per heavy atom. The van der Waals surface area contributed by atoms with Crippen LogP contribution in [0.1, 0.15) is 38.3 Å². The summed E-state index contributed by atoms with van der Waals surface area (Å²) in [5.74, 6) is 0.583. The second-order valence-electron chi connectivity index (χ2n) is 7.68. The van der Waals surface area contributed by atoms with Crippen molar-refractivity contribution in [3.8, 4) is 0 Å². The van der Waals surface area contributed by atoms with Gasteiger partial charge in [0.15, 0.2) is 0 Å². The molecule has 1 amide bonds. The van der Waals surface area contributed by atoms with E-state index in [0.29, 0.717) is 5.95 Å². The predicted molar refractivity (Wildman–Crippen MR) is 105 cm³/mol. The van der Waals surface area contributed by atoms with Gasteiger partial charge in [0.1, 0.15) is 5.54 Å². The summed E-state index contributed by atoms with van der Waals surface area (Å²) in [6, 6.07) is 5.75. The minimum atomic E-state index is -0.477. The summed E-state index contributed by atoms with van der Waals surface area (Å²) in [5.41, 5.74) is 3.77. The van der Waals surface area contributed by atoms with E-state index in [2.05, 4.69) is 31.0 Å². The highest BCUT2D eigenvalue weighted by molar-refractivity contribution is 6.07. The number of amides is 1. The number of allylic oxidation sites excluding steroid dienone is 1. The number of H-pyrrole nitrogens is 1. The lowest BCUT2D eigenvalue weighted by atomic mass is 9.84. The molecule has 5 rings (SSSR count). The molecule has 2 N–H and O–H groups in total. The Morgan fingerprint density at radius 3 is 2.82 bits per heavy atom. The monoisotopic (exact) mass is 378 g/mol. The Labute approximate surface area is 161 Å². The number of rotatable bonds is 2. The van der Waals surface area contributed by atoms with Crippen molar-refractivity contribution in [2.24, 2.45) is 0 Å². The fourth-order valence-electron chi connectivity index (χ4n) is 4.64. The molecule has 2 aliphatic rings. The zero-order valence-electron chi connectivity index (χ0n) is 16.2. The molecule has 1 fully saturated rings. The number of nitrogens with one attached hydrogen (secondary N) is 2. The van der Waals surface area contributed by atoms with Crippen LogP contribution in [0.4, 0.5) is 11.6 Å². The molecule has 144 valence electrons. The molecule has 9 heteroatoms. The van der Waals surface area contributed by atoms with E-state index in [1.807, 2.05) is 48.7 Å². The second-order valence-corrected chi connectivity index (χ2v) is 7.68. The van der Waals surface area contributed by atoms with Crippen molar-refractivity contribution in [2.45, 2.75) is 45.1 Å². The summed E-state index contributed by atoms with van der Waals surface area (Å²) >= 11 is 0. The van der Waals surface area contributed by atoms with Gasteiger partial charge in [-0.15, -0.1) is 0 Å². The molecule has 0 atom stereocenters. The zero-order valence-corrected chi connectivity index (χ0v) is 16.2. The maximum Gasteiger partial charge on any atom is 0.255 e. The number of aryl methyl sites for hydroxylation is 1. The number of carbonyl (C=O) groups is 1. The first-order valence-electron chi connectivity index (χ1n) is 9.51. The number of aromatic nitrogens is 6. The van der Waals surface area contributed by atoms with E-state index in [1.165, 1.54) is 0 Å². The number of hydrogen-bond acceptors (Lipinski definition) is 6. The van der Waals surface area contributed by atoms with E-state index in [1.54, 1.807) is 0 Å². The standard InChI is InChI=1S/C19H22N8O/c1-11-14-10-13(6-7-15(14)22-21-11)20-17(28)16-12(2)26(3)18-23-24-25-27(18)19(16)8-4-5-9-19/h6-7,10H,4-5,8-9H2,1-3H3,(H,20,28)(H,21,22). The van der Waals surface area contributed by atoms with Crippen LogP contribution in [0.5, 0.6) is 0 Å². The molecule has 0 unspecified atom stereocenters. The van der Waals surface area contributed by atoms with E-state index < -0.39 is 5.54 Å². The third kappa shape index (κ3) is 2.22. The van der Waals surface area contributed by atoms with Crippen molar-refractivity contribution >= 4 is 28.4 Å². The zero-order chi connectivity index (χ0) is 19.5. The Bertz CT molecular complexity index is 1120. The van der Waals surface area contributed by atoms with Crippen LogP contribution in [0.3, 0.4) is 0 Å². The number of nitrogens with zero attached hydrogens (tertiary/aromatic N) is 6. The topological polar surface area (TPSA) is 105 Å². The third-order valence-corrected chi connectivity index (χ3v) is 6.15. The van der Waals surface area contributed by atoms with Crippen LogP contribution >= 0.6 is 0 Å². The van der Waals surface area contributed by atoms with Gasteiger partial charge in [-0.2, -0.15) is 5.10 Å². The summed E-state index contributed by atoms with van der Waals surface area (Å²) < 4.78 is 1.84. The second kappa shape index (κ2) is 5.88. The first kappa shape index (κ1) is 16.9. The average Bonchev–Trinajstić information content (AvgIpc) is 3.41. The lowest BCUT2D eigenvalue weighted by molar-refractivity contribution is -0.114. The molecular weight excluding hydrogens is 356 g/mol. The molecule has 0 saturated heterocycles. The summed E-state index contributed by atoms with van der Waals surface area (Å²) in [6.07, 6.45) is 3.82. The van der Waals surface area contributed by atoms with Gasteiger partial charge in [0, 0.05) is 29.5 Å². The largest absolute Gasteiger partial charge is 0.322 e. The van der Waals surface area contributed by atoms with Crippen molar-refractivity contribution in [1.29, 1.82) is 0 Å². The van der Waals surface area contributed by atoms with Crippen molar-refractivity contribution in [3.63, 3.8) is 0 Å². The van der Waals surface area contributed by atoms with Crippen LogP contribution in [0.2, 0.25) is 0 Å². The lowest BCUT2D eigenvalue weighted by Gasteiger charge is -2.39. The molecule has 1 aliphatic carbocycles. The summed E-state index contributed by atoms with van der Waals surface area (Å²) in [7, 11) is 1.90. The Balaban J connectivity index is 1.56. The van der Waals surface area contributed by atoms with Crippen LogP contribution in [0, 0.1) is 6.92 Å². The minimum Gasteiger partial charge on any atom is -0.322 e. The quantitative estimate of drug-likeness (QED) is 0.710. The lowest BCUT2D eigenvalue weighted by Crippen LogP contribution is -2.46. The van der Waals surface area contributed by atoms with Crippen LogP contribution in [0.25, 0.3) is 10.9 Å². The fourth-order valence-corrected chi connectivity index (χ4v) is 4.64. The van der Waals surface area contributed by atoms with Gasteiger partial charge in [0.2, 0.25) is 5.95 Å². The molecule has 0 bridgehead atoms. The highest BCUT2D eigenvalue weighted by atomic mass is 16.1. The van der Waals surface area contributed by atoms with Crippen molar-refractivity contribution in [1.82, 2.24) is 30.4 Å². The average molecular weight is 378 g/mol. The summed E-state index contributed by atoms with van der Waals surface area (Å²) in [4.78, 5) is 15.4. The smallest absolute Gasteiger partial charge is 0.255 e. The molecule has 3 aromatic rings. The van der Waals surface area contributed by atoms with Crippen LogP contribution in [-0.4, -0.2) is 43.4 Å². The highest BCUT2D eigenvalue weighted by Gasteiger charge is 2.49. The molecule has 28 heavy (non-hydrogen) atoms. The Morgan fingerprint density at radius 1 is 1.25 bits per heavy atom. The third-order valence-electron chi connectivity index (χ3n) is 6.15. The van der Waals surface area contributed by atoms with Gasteiger partial charge in [-0.1, -0.05) is 17.9 Å². The Kier molecular flexibility index (Phi) is 3.55. The van der Waals surface area contributed by atoms with Gasteiger partial charge in [-0.25, -0.2) is 4.68 Å². The Hall–Kier alpha value is -3.23. The molecule has 9 nitrogen and oxygen atoms in total. The number of aromatic amines is 1. The van der Waals surface area contributed by atoms with Crippen molar-refractivity contribution in [3.05, 3.63) is 35.2 Å². The van der Waals surface area contributed by atoms with Gasteiger partial charge in [0.25, 0.3) is 5.91 Å². The molecule has 1 aliphatic heterocycles. The maximum atomic E-state index is 13.5. The molecular formula is C19H22N8O. The number of fused-ring (bicyclic) bond motifs is 3. The van der Waals surface area contributed by atoms with Crippen molar-refractivity contribution in [2.75, 3.05) is 17.3 Å². The number of benzene rings is 1. The van der Waals surface area contributed by atoms with Crippen LogP contribution in [-0.2, 0) is 10.3 Å². The van der Waals surface area contributed by atoms with Gasteiger partial charge in [-0.05, 0) is 55.3 Å². The van der Waals surface area contributed by atoms with E-state index >= 15 is 0 Å². The van der Waals surface area contributed by atoms with E-state index in [4.69, 9.17) is 0 Å². The number of carbonyl (C=O) groups excluding carboxylic acids is 1. The van der Waals surface area contributed by atoms with Gasteiger partial charge < -0.3 is 10.2 Å². The SMILES string of the molecule is CC1=C(C(=O)Nc2ccc3n[nH]c(C)c3c2)C2(CCCC2)n2nnnc2N1C. The predicted octanol–water partition coefficient (Wildman–Crippen LogP) is 2.49. The normalized spacial score (nSPS) is 18.2. The first-order chi connectivity index (χ1) is 13.5.